The van der Waals surface area contributed by atoms with Gasteiger partial charge < -0.3 is 0 Å². The Morgan fingerprint density at radius 3 is 2.47 bits per heavy atom. The molecule has 0 aliphatic carbocycles. The first-order valence-corrected chi connectivity index (χ1v) is 11.5. The fourth-order valence-electron chi connectivity index (χ4n) is 4.61. The monoisotopic (exact) mass is 472 g/mol. The van der Waals surface area contributed by atoms with Gasteiger partial charge in [-0.2, -0.15) is 5.26 Å². The van der Waals surface area contributed by atoms with Crippen LogP contribution in [-0.4, -0.2) is 19.1 Å². The van der Waals surface area contributed by atoms with Crippen molar-refractivity contribution in [2.45, 2.75) is 19.3 Å². The Labute approximate surface area is 211 Å². The van der Waals surface area contributed by atoms with Crippen LogP contribution in [0.1, 0.15) is 23.5 Å². The average Bonchev–Trinajstić information content (AvgIpc) is 3.25. The maximum Gasteiger partial charge on any atom is 0.333 e. The normalized spacial score (nSPS) is 13.4. The highest BCUT2D eigenvalue weighted by Crippen LogP contribution is 2.31. The third kappa shape index (κ3) is 3.29. The molecule has 0 aliphatic rings. The van der Waals surface area contributed by atoms with Gasteiger partial charge in [0.2, 0.25) is 0 Å². The summed E-state index contributed by atoms with van der Waals surface area (Å²) in [6, 6.07) is 25.0. The van der Waals surface area contributed by atoms with Crippen molar-refractivity contribution in [2.24, 2.45) is 6.98 Å². The van der Waals surface area contributed by atoms with Gasteiger partial charge in [-0.3, -0.25) is 19.1 Å². The standard InChI is InChI=1S/C30H23N5O/c1-30(2,18-31)22-9-11-23(12-10-22)35-28-24-15-19(21-14-20-6-4-5-7-25(20)32-16-21)8-13-26(24)33-17-27(28)34(3)29(35)36/h4-17H,1-3H3/i3D3. The summed E-state index contributed by atoms with van der Waals surface area (Å²) >= 11 is 0. The van der Waals surface area contributed by atoms with E-state index in [1.165, 1.54) is 10.8 Å². The molecule has 0 saturated carbocycles. The molecular formula is C30H23N5O. The molecule has 36 heavy (non-hydrogen) atoms. The zero-order valence-corrected chi connectivity index (χ0v) is 19.7. The van der Waals surface area contributed by atoms with Gasteiger partial charge in [0.1, 0.15) is 0 Å². The van der Waals surface area contributed by atoms with Gasteiger partial charge in [-0.25, -0.2) is 4.79 Å². The quantitative estimate of drug-likeness (QED) is 0.322. The van der Waals surface area contributed by atoms with Gasteiger partial charge in [0, 0.05) is 33.6 Å². The van der Waals surface area contributed by atoms with Crippen LogP contribution in [0.25, 0.3) is 49.7 Å². The van der Waals surface area contributed by atoms with E-state index < -0.39 is 18.1 Å². The van der Waals surface area contributed by atoms with Gasteiger partial charge in [0.15, 0.2) is 0 Å². The maximum atomic E-state index is 13.7. The molecule has 0 amide bonds. The molecule has 0 radical (unpaired) electrons. The third-order valence-electron chi connectivity index (χ3n) is 6.72. The molecule has 3 aromatic carbocycles. The second-order valence-corrected chi connectivity index (χ2v) is 9.38. The Balaban J connectivity index is 1.65. The summed E-state index contributed by atoms with van der Waals surface area (Å²) in [4.78, 5) is 22.8. The lowest BCUT2D eigenvalue weighted by Crippen LogP contribution is -2.21. The molecule has 6 aromatic rings. The summed E-state index contributed by atoms with van der Waals surface area (Å²) in [6.45, 7) is 0.923. The second kappa shape index (κ2) is 7.89. The molecule has 0 N–H and O–H groups in total. The van der Waals surface area contributed by atoms with E-state index in [1.54, 1.807) is 30.5 Å². The van der Waals surface area contributed by atoms with Crippen LogP contribution in [0.15, 0.2) is 90.0 Å². The zero-order chi connectivity index (χ0) is 27.5. The molecule has 0 aliphatic heterocycles. The number of nitriles is 1. The van der Waals surface area contributed by atoms with E-state index in [4.69, 9.17) is 4.11 Å². The van der Waals surface area contributed by atoms with E-state index in [1.807, 2.05) is 62.4 Å². The first kappa shape index (κ1) is 18.6. The van der Waals surface area contributed by atoms with Crippen molar-refractivity contribution >= 4 is 32.8 Å². The van der Waals surface area contributed by atoms with Gasteiger partial charge in [0.05, 0.1) is 45.4 Å². The molecule has 0 spiro atoms. The zero-order valence-electron chi connectivity index (χ0n) is 22.7. The van der Waals surface area contributed by atoms with Crippen molar-refractivity contribution in [3.8, 4) is 22.9 Å². The number of rotatable bonds is 3. The molecule has 3 aromatic heterocycles. The van der Waals surface area contributed by atoms with Crippen LogP contribution in [0.5, 0.6) is 0 Å². The largest absolute Gasteiger partial charge is 0.333 e. The van der Waals surface area contributed by atoms with E-state index in [9.17, 15) is 10.1 Å². The van der Waals surface area contributed by atoms with Gasteiger partial charge >= 0.3 is 5.69 Å². The molecule has 0 bridgehead atoms. The summed E-state index contributed by atoms with van der Waals surface area (Å²) in [5, 5.41) is 11.2. The van der Waals surface area contributed by atoms with Crippen LogP contribution < -0.4 is 5.69 Å². The minimum absolute atomic E-state index is 0.211. The van der Waals surface area contributed by atoms with Gasteiger partial charge in [-0.15, -0.1) is 0 Å². The SMILES string of the molecule is [2H]C([2H])([2H])n1c(=O)n(-c2ccc(C(C)(C)C#N)cc2)c2c3cc(-c4cnc5ccccc5c4)ccc3ncc21. The van der Waals surface area contributed by atoms with Gasteiger partial charge in [-0.05, 0) is 61.4 Å². The van der Waals surface area contributed by atoms with Gasteiger partial charge in [0.25, 0.3) is 0 Å². The van der Waals surface area contributed by atoms with Crippen molar-refractivity contribution in [3.05, 3.63) is 101 Å². The molecular weight excluding hydrogens is 446 g/mol. The molecule has 0 unspecified atom stereocenters. The molecule has 6 rings (SSSR count). The topological polar surface area (TPSA) is 76.5 Å². The summed E-state index contributed by atoms with van der Waals surface area (Å²) in [5.74, 6) is 0. The highest BCUT2D eigenvalue weighted by atomic mass is 16.1. The lowest BCUT2D eigenvalue weighted by Gasteiger charge is -2.16. The van der Waals surface area contributed by atoms with Gasteiger partial charge in [-0.1, -0.05) is 36.4 Å². The number of nitrogens with zero attached hydrogens (tertiary/aromatic N) is 5. The van der Waals surface area contributed by atoms with Crippen molar-refractivity contribution in [1.29, 1.82) is 5.26 Å². The predicted octanol–water partition coefficient (Wildman–Crippen LogP) is 5.89. The number of fused-ring (bicyclic) bond motifs is 4. The van der Waals surface area contributed by atoms with Crippen LogP contribution in [-0.2, 0) is 12.4 Å². The molecule has 6 heteroatoms. The Hall–Kier alpha value is -4.76. The Morgan fingerprint density at radius 1 is 0.917 bits per heavy atom. The Bertz CT molecular complexity index is 2010. The summed E-state index contributed by atoms with van der Waals surface area (Å²) < 4.78 is 26.5. The first-order valence-electron chi connectivity index (χ1n) is 13.0. The van der Waals surface area contributed by atoms with Crippen LogP contribution >= 0.6 is 0 Å². The average molecular weight is 473 g/mol. The van der Waals surface area contributed by atoms with Crippen LogP contribution in [0.3, 0.4) is 0 Å². The van der Waals surface area contributed by atoms with Crippen molar-refractivity contribution in [2.75, 3.05) is 0 Å². The number of imidazole rings is 1. The van der Waals surface area contributed by atoms with E-state index in [0.717, 1.165) is 32.2 Å². The van der Waals surface area contributed by atoms with Crippen molar-refractivity contribution in [1.82, 2.24) is 19.1 Å². The Morgan fingerprint density at radius 2 is 1.69 bits per heavy atom. The third-order valence-corrected chi connectivity index (χ3v) is 6.72. The lowest BCUT2D eigenvalue weighted by atomic mass is 9.86. The number of para-hydroxylation sites is 1. The van der Waals surface area contributed by atoms with E-state index in [2.05, 4.69) is 16.0 Å². The van der Waals surface area contributed by atoms with E-state index in [0.29, 0.717) is 22.1 Å². The fourth-order valence-corrected chi connectivity index (χ4v) is 4.61. The number of hydrogen-bond donors (Lipinski definition) is 0. The summed E-state index contributed by atoms with van der Waals surface area (Å²) in [5.41, 5.74) is 3.80. The minimum atomic E-state index is -2.71. The number of hydrogen-bond acceptors (Lipinski definition) is 4. The Kier molecular flexibility index (Phi) is 4.07. The molecule has 3 heterocycles. The highest BCUT2D eigenvalue weighted by molar-refractivity contribution is 6.04. The minimum Gasteiger partial charge on any atom is -0.293 e. The van der Waals surface area contributed by atoms with Crippen molar-refractivity contribution < 1.29 is 4.11 Å². The number of aryl methyl sites for hydroxylation is 1. The fraction of sp³-hybridized carbons (Fsp3) is 0.133. The van der Waals surface area contributed by atoms with Crippen LogP contribution in [0, 0.1) is 11.3 Å². The summed E-state index contributed by atoms with van der Waals surface area (Å²) in [6.07, 6.45) is 3.24. The molecule has 0 fully saturated rings. The van der Waals surface area contributed by atoms with Crippen LogP contribution in [0.2, 0.25) is 0 Å². The molecule has 0 saturated heterocycles. The van der Waals surface area contributed by atoms with Crippen molar-refractivity contribution in [3.63, 3.8) is 0 Å². The van der Waals surface area contributed by atoms with E-state index in [-0.39, 0.29) is 5.52 Å². The molecule has 0 atom stereocenters. The second-order valence-electron chi connectivity index (χ2n) is 9.38. The highest BCUT2D eigenvalue weighted by Gasteiger charge is 2.21. The smallest absolute Gasteiger partial charge is 0.293 e. The molecule has 174 valence electrons. The van der Waals surface area contributed by atoms with E-state index >= 15 is 0 Å². The predicted molar refractivity (Wildman–Crippen MR) is 143 cm³/mol. The first-order chi connectivity index (χ1) is 18.6. The number of benzene rings is 3. The maximum absolute atomic E-state index is 13.7. The van der Waals surface area contributed by atoms with Crippen LogP contribution in [0.4, 0.5) is 0 Å². The summed E-state index contributed by atoms with van der Waals surface area (Å²) in [7, 11) is 0. The molecule has 6 nitrogen and oxygen atoms in total. The number of pyridine rings is 2. The number of aromatic nitrogens is 4. The lowest BCUT2D eigenvalue weighted by molar-refractivity contribution is 0.686.